The standard InChI is InChI=1S/C13H26N2O/c1-3-4-10(2)15-13(16)12-7-5-11(9-14)6-8-12/h10-12H,3-9,14H2,1-2H3,(H,15,16). The van der Waals surface area contributed by atoms with Gasteiger partial charge in [-0.05, 0) is 51.5 Å². The number of carbonyl (C=O) groups excluding carboxylic acids is 1. The average Bonchev–Trinajstić information content (AvgIpc) is 2.29. The van der Waals surface area contributed by atoms with Crippen molar-refractivity contribution in [3.63, 3.8) is 0 Å². The summed E-state index contributed by atoms with van der Waals surface area (Å²) in [5.41, 5.74) is 5.64. The smallest absolute Gasteiger partial charge is 0.223 e. The SMILES string of the molecule is CCCC(C)NC(=O)C1CCC(CN)CC1. The highest BCUT2D eigenvalue weighted by molar-refractivity contribution is 5.78. The molecule has 1 aliphatic carbocycles. The zero-order chi connectivity index (χ0) is 12.0. The van der Waals surface area contributed by atoms with Crippen LogP contribution in [0.25, 0.3) is 0 Å². The number of hydrogen-bond acceptors (Lipinski definition) is 2. The van der Waals surface area contributed by atoms with Gasteiger partial charge in [0.05, 0.1) is 0 Å². The summed E-state index contributed by atoms with van der Waals surface area (Å²) in [4.78, 5) is 11.9. The van der Waals surface area contributed by atoms with Crippen molar-refractivity contribution >= 4 is 5.91 Å². The van der Waals surface area contributed by atoms with E-state index in [9.17, 15) is 4.79 Å². The molecule has 3 heteroatoms. The van der Waals surface area contributed by atoms with E-state index in [4.69, 9.17) is 5.73 Å². The Morgan fingerprint density at radius 2 is 2.00 bits per heavy atom. The molecule has 3 N–H and O–H groups in total. The molecule has 3 nitrogen and oxygen atoms in total. The lowest BCUT2D eigenvalue weighted by Gasteiger charge is -2.27. The fourth-order valence-electron chi connectivity index (χ4n) is 2.53. The van der Waals surface area contributed by atoms with E-state index in [1.54, 1.807) is 0 Å². The van der Waals surface area contributed by atoms with E-state index < -0.39 is 0 Å². The fraction of sp³-hybridized carbons (Fsp3) is 0.923. The molecule has 1 aliphatic rings. The van der Waals surface area contributed by atoms with E-state index in [0.29, 0.717) is 12.0 Å². The van der Waals surface area contributed by atoms with Gasteiger partial charge in [0.2, 0.25) is 5.91 Å². The Balaban J connectivity index is 2.27. The molecule has 1 amide bonds. The molecular formula is C13H26N2O. The van der Waals surface area contributed by atoms with Crippen LogP contribution in [0.1, 0.15) is 52.4 Å². The van der Waals surface area contributed by atoms with Gasteiger partial charge in [-0.1, -0.05) is 13.3 Å². The second-order valence-corrected chi connectivity index (χ2v) is 5.15. The van der Waals surface area contributed by atoms with Gasteiger partial charge in [0, 0.05) is 12.0 Å². The second kappa shape index (κ2) is 6.89. The van der Waals surface area contributed by atoms with Gasteiger partial charge in [-0.2, -0.15) is 0 Å². The Bertz CT molecular complexity index is 210. The van der Waals surface area contributed by atoms with Crippen molar-refractivity contribution < 1.29 is 4.79 Å². The zero-order valence-corrected chi connectivity index (χ0v) is 10.7. The Morgan fingerprint density at radius 1 is 1.38 bits per heavy atom. The first-order chi connectivity index (χ1) is 7.67. The molecule has 0 aromatic heterocycles. The van der Waals surface area contributed by atoms with Gasteiger partial charge in [-0.15, -0.1) is 0 Å². The molecule has 1 unspecified atom stereocenters. The lowest BCUT2D eigenvalue weighted by molar-refractivity contribution is -0.126. The van der Waals surface area contributed by atoms with Crippen molar-refractivity contribution in [3.8, 4) is 0 Å². The van der Waals surface area contributed by atoms with Crippen molar-refractivity contribution in [1.29, 1.82) is 0 Å². The number of nitrogens with two attached hydrogens (primary N) is 1. The van der Waals surface area contributed by atoms with Crippen LogP contribution in [0.15, 0.2) is 0 Å². The normalized spacial score (nSPS) is 27.4. The molecule has 1 atom stereocenters. The van der Waals surface area contributed by atoms with Gasteiger partial charge in [0.15, 0.2) is 0 Å². The maximum Gasteiger partial charge on any atom is 0.223 e. The van der Waals surface area contributed by atoms with E-state index in [-0.39, 0.29) is 11.8 Å². The summed E-state index contributed by atoms with van der Waals surface area (Å²) in [6.45, 7) is 5.02. The van der Waals surface area contributed by atoms with Crippen LogP contribution in [0.3, 0.4) is 0 Å². The highest BCUT2D eigenvalue weighted by atomic mass is 16.1. The molecular weight excluding hydrogens is 200 g/mol. The van der Waals surface area contributed by atoms with Gasteiger partial charge in [-0.3, -0.25) is 4.79 Å². The van der Waals surface area contributed by atoms with Crippen LogP contribution in [0, 0.1) is 11.8 Å². The third-order valence-electron chi connectivity index (χ3n) is 3.66. The van der Waals surface area contributed by atoms with Crippen LogP contribution in [-0.4, -0.2) is 18.5 Å². The second-order valence-electron chi connectivity index (χ2n) is 5.15. The summed E-state index contributed by atoms with van der Waals surface area (Å²) in [7, 11) is 0. The molecule has 1 saturated carbocycles. The first-order valence-corrected chi connectivity index (χ1v) is 6.67. The molecule has 0 bridgehead atoms. The molecule has 16 heavy (non-hydrogen) atoms. The quantitative estimate of drug-likeness (QED) is 0.754. The van der Waals surface area contributed by atoms with Crippen LogP contribution in [0.2, 0.25) is 0 Å². The summed E-state index contributed by atoms with van der Waals surface area (Å²) in [5.74, 6) is 1.15. The minimum absolute atomic E-state index is 0.238. The molecule has 1 fully saturated rings. The fourth-order valence-corrected chi connectivity index (χ4v) is 2.53. The summed E-state index contributed by atoms with van der Waals surface area (Å²) in [5, 5.41) is 3.11. The minimum Gasteiger partial charge on any atom is -0.353 e. The monoisotopic (exact) mass is 226 g/mol. The Hall–Kier alpha value is -0.570. The highest BCUT2D eigenvalue weighted by Gasteiger charge is 2.25. The molecule has 94 valence electrons. The Kier molecular flexibility index (Phi) is 5.81. The maximum atomic E-state index is 11.9. The van der Waals surface area contributed by atoms with Crippen LogP contribution in [-0.2, 0) is 4.79 Å². The molecule has 0 radical (unpaired) electrons. The number of nitrogens with one attached hydrogen (secondary N) is 1. The molecule has 0 aliphatic heterocycles. The molecule has 1 rings (SSSR count). The van der Waals surface area contributed by atoms with Crippen LogP contribution < -0.4 is 11.1 Å². The number of rotatable bonds is 5. The number of hydrogen-bond donors (Lipinski definition) is 2. The minimum atomic E-state index is 0.238. The number of amides is 1. The van der Waals surface area contributed by atoms with Crippen LogP contribution >= 0.6 is 0 Å². The van der Waals surface area contributed by atoms with Crippen molar-refractivity contribution in [1.82, 2.24) is 5.32 Å². The first kappa shape index (κ1) is 13.5. The lowest BCUT2D eigenvalue weighted by atomic mass is 9.81. The van der Waals surface area contributed by atoms with Crippen molar-refractivity contribution in [2.75, 3.05) is 6.54 Å². The topological polar surface area (TPSA) is 55.1 Å². The van der Waals surface area contributed by atoms with E-state index in [0.717, 1.165) is 45.1 Å². The van der Waals surface area contributed by atoms with Crippen molar-refractivity contribution in [2.24, 2.45) is 17.6 Å². The van der Waals surface area contributed by atoms with E-state index in [2.05, 4.69) is 19.2 Å². The Labute approximate surface area is 99.2 Å². The zero-order valence-electron chi connectivity index (χ0n) is 10.7. The first-order valence-electron chi connectivity index (χ1n) is 6.67. The van der Waals surface area contributed by atoms with Gasteiger partial charge >= 0.3 is 0 Å². The predicted octanol–water partition coefficient (Wildman–Crippen LogP) is 2.06. The molecule has 0 heterocycles. The average molecular weight is 226 g/mol. The molecule has 0 aromatic rings. The van der Waals surface area contributed by atoms with E-state index in [1.807, 2.05) is 0 Å². The summed E-state index contributed by atoms with van der Waals surface area (Å²) >= 11 is 0. The summed E-state index contributed by atoms with van der Waals surface area (Å²) in [6, 6.07) is 0.324. The highest BCUT2D eigenvalue weighted by Crippen LogP contribution is 2.28. The van der Waals surface area contributed by atoms with Gasteiger partial charge in [0.1, 0.15) is 0 Å². The van der Waals surface area contributed by atoms with E-state index >= 15 is 0 Å². The third-order valence-corrected chi connectivity index (χ3v) is 3.66. The molecule has 0 aromatic carbocycles. The molecule has 0 saturated heterocycles. The lowest BCUT2D eigenvalue weighted by Crippen LogP contribution is -2.39. The maximum absolute atomic E-state index is 11.9. The van der Waals surface area contributed by atoms with Crippen LogP contribution in [0.5, 0.6) is 0 Å². The van der Waals surface area contributed by atoms with Gasteiger partial charge in [0.25, 0.3) is 0 Å². The summed E-state index contributed by atoms with van der Waals surface area (Å²) in [6.07, 6.45) is 6.48. The Morgan fingerprint density at radius 3 is 2.50 bits per heavy atom. The summed E-state index contributed by atoms with van der Waals surface area (Å²) < 4.78 is 0. The largest absolute Gasteiger partial charge is 0.353 e. The van der Waals surface area contributed by atoms with Gasteiger partial charge in [-0.25, -0.2) is 0 Å². The third kappa shape index (κ3) is 4.12. The predicted molar refractivity (Wildman–Crippen MR) is 67.0 cm³/mol. The van der Waals surface area contributed by atoms with Gasteiger partial charge < -0.3 is 11.1 Å². The number of carbonyl (C=O) groups is 1. The van der Waals surface area contributed by atoms with Crippen molar-refractivity contribution in [2.45, 2.75) is 58.4 Å². The van der Waals surface area contributed by atoms with Crippen molar-refractivity contribution in [3.05, 3.63) is 0 Å². The van der Waals surface area contributed by atoms with Crippen LogP contribution in [0.4, 0.5) is 0 Å². The molecule has 0 spiro atoms. The van der Waals surface area contributed by atoms with E-state index in [1.165, 1.54) is 0 Å².